The highest BCUT2D eigenvalue weighted by Gasteiger charge is 2.09. The van der Waals surface area contributed by atoms with Crippen LogP contribution in [-0.4, -0.2) is 30.6 Å². The molecule has 5 heteroatoms. The molecule has 0 amide bonds. The van der Waals surface area contributed by atoms with E-state index >= 15 is 0 Å². The lowest BCUT2D eigenvalue weighted by molar-refractivity contribution is -0.107. The summed E-state index contributed by atoms with van der Waals surface area (Å²) in [7, 11) is -0.0671. The summed E-state index contributed by atoms with van der Waals surface area (Å²) in [4.78, 5) is 10.4. The van der Waals surface area contributed by atoms with Crippen LogP contribution in [0.1, 0.15) is 5.56 Å². The second-order valence-electron chi connectivity index (χ2n) is 2.91. The highest BCUT2D eigenvalue weighted by Crippen LogP contribution is 2.04. The van der Waals surface area contributed by atoms with E-state index in [0.29, 0.717) is 11.7 Å². The van der Waals surface area contributed by atoms with E-state index in [-0.39, 0.29) is 5.76 Å². The Morgan fingerprint density at radius 3 is 2.33 bits per heavy atom. The van der Waals surface area contributed by atoms with Gasteiger partial charge in [0.15, 0.2) is 12.0 Å². The van der Waals surface area contributed by atoms with E-state index in [0.717, 1.165) is 5.56 Å². The minimum absolute atomic E-state index is 0.215. The molecule has 0 bridgehead atoms. The average Bonchev–Trinajstić information content (AvgIpc) is 2.26. The van der Waals surface area contributed by atoms with Crippen molar-refractivity contribution in [3.8, 4) is 0 Å². The summed E-state index contributed by atoms with van der Waals surface area (Å²) in [5.74, 6) is 0.215. The van der Waals surface area contributed by atoms with Gasteiger partial charge in [-0.05, 0) is 17.1 Å². The van der Waals surface area contributed by atoms with Crippen molar-refractivity contribution in [3.05, 3.63) is 35.6 Å². The Morgan fingerprint density at radius 1 is 1.33 bits per heavy atom. The summed E-state index contributed by atoms with van der Waals surface area (Å²) < 4.78 is 4.78. The second kappa shape index (κ2) is 5.33. The Kier molecular flexibility index (Phi) is 4.09. The van der Waals surface area contributed by atoms with E-state index in [1.165, 1.54) is 7.11 Å². The lowest BCUT2D eigenvalue weighted by Crippen LogP contribution is -2.29. The van der Waals surface area contributed by atoms with Gasteiger partial charge < -0.3 is 14.8 Å². The molecule has 1 aromatic rings. The van der Waals surface area contributed by atoms with Crippen LogP contribution in [0.4, 0.5) is 0 Å². The van der Waals surface area contributed by atoms with Crippen molar-refractivity contribution < 1.29 is 19.6 Å². The van der Waals surface area contributed by atoms with Gasteiger partial charge in [-0.25, -0.2) is 0 Å². The van der Waals surface area contributed by atoms with Crippen LogP contribution in [0.25, 0.3) is 6.08 Å². The van der Waals surface area contributed by atoms with Crippen LogP contribution in [0, 0.1) is 0 Å². The molecule has 0 saturated carbocycles. The number of hydrogen-bond acceptors (Lipinski definition) is 4. The first kappa shape index (κ1) is 11.5. The standard InChI is InChI=1S/C10H11BO4/c1-15-10(7-12)6-8-2-4-9(5-3-8)11(13)14/h2-7,13-14H,1H3. The quantitative estimate of drug-likeness (QED) is 0.303. The van der Waals surface area contributed by atoms with Gasteiger partial charge in [0.2, 0.25) is 0 Å². The summed E-state index contributed by atoms with van der Waals surface area (Å²) in [5, 5.41) is 17.7. The summed E-state index contributed by atoms with van der Waals surface area (Å²) in [6, 6.07) is 6.46. The van der Waals surface area contributed by atoms with Gasteiger partial charge in [0, 0.05) is 0 Å². The third-order valence-electron chi connectivity index (χ3n) is 1.90. The van der Waals surface area contributed by atoms with Crippen LogP contribution < -0.4 is 5.46 Å². The molecule has 0 atom stereocenters. The zero-order chi connectivity index (χ0) is 11.3. The predicted molar refractivity (Wildman–Crippen MR) is 57.3 cm³/mol. The molecule has 0 radical (unpaired) electrons. The van der Waals surface area contributed by atoms with Gasteiger partial charge in [0.05, 0.1) is 7.11 Å². The molecule has 1 aromatic carbocycles. The molecule has 0 aromatic heterocycles. The van der Waals surface area contributed by atoms with E-state index in [1.807, 2.05) is 0 Å². The van der Waals surface area contributed by atoms with Gasteiger partial charge in [-0.3, -0.25) is 4.79 Å². The summed E-state index contributed by atoms with van der Waals surface area (Å²) >= 11 is 0. The van der Waals surface area contributed by atoms with E-state index < -0.39 is 7.12 Å². The number of rotatable bonds is 4. The second-order valence-corrected chi connectivity index (χ2v) is 2.91. The zero-order valence-electron chi connectivity index (χ0n) is 8.25. The summed E-state index contributed by atoms with van der Waals surface area (Å²) in [6.07, 6.45) is 2.16. The van der Waals surface area contributed by atoms with Gasteiger partial charge >= 0.3 is 7.12 Å². The number of hydrogen-bond donors (Lipinski definition) is 2. The van der Waals surface area contributed by atoms with Crippen molar-refractivity contribution in [2.24, 2.45) is 0 Å². The maximum Gasteiger partial charge on any atom is 0.488 e. The van der Waals surface area contributed by atoms with Crippen molar-refractivity contribution in [3.63, 3.8) is 0 Å². The normalized spacial score (nSPS) is 11.0. The van der Waals surface area contributed by atoms with Gasteiger partial charge in [-0.2, -0.15) is 0 Å². The van der Waals surface area contributed by atoms with Crippen LogP contribution in [0.15, 0.2) is 30.0 Å². The molecule has 0 aliphatic carbocycles. The predicted octanol–water partition coefficient (Wildman–Crippen LogP) is -0.447. The Bertz CT molecular complexity index is 356. The first-order valence-corrected chi connectivity index (χ1v) is 4.34. The summed E-state index contributed by atoms with van der Waals surface area (Å²) in [6.45, 7) is 0. The number of benzene rings is 1. The topological polar surface area (TPSA) is 66.8 Å². The van der Waals surface area contributed by atoms with Crippen molar-refractivity contribution in [1.29, 1.82) is 0 Å². The number of ether oxygens (including phenoxy) is 1. The molecular formula is C10H11BO4. The van der Waals surface area contributed by atoms with Crippen molar-refractivity contribution in [2.45, 2.75) is 0 Å². The van der Waals surface area contributed by atoms with Crippen LogP contribution in [0.5, 0.6) is 0 Å². The van der Waals surface area contributed by atoms with Crippen LogP contribution >= 0.6 is 0 Å². The van der Waals surface area contributed by atoms with E-state index in [9.17, 15) is 4.79 Å². The molecule has 0 aliphatic rings. The van der Waals surface area contributed by atoms with Crippen LogP contribution in [0.2, 0.25) is 0 Å². The fourth-order valence-electron chi connectivity index (χ4n) is 1.07. The lowest BCUT2D eigenvalue weighted by Gasteiger charge is -2.00. The summed E-state index contributed by atoms with van der Waals surface area (Å²) in [5.41, 5.74) is 1.15. The van der Waals surface area contributed by atoms with Crippen molar-refractivity contribution in [1.82, 2.24) is 0 Å². The number of carbonyl (C=O) groups excluding carboxylic acids is 1. The Hall–Kier alpha value is -1.59. The van der Waals surface area contributed by atoms with Crippen molar-refractivity contribution >= 4 is 24.9 Å². The van der Waals surface area contributed by atoms with E-state index in [4.69, 9.17) is 14.8 Å². The maximum atomic E-state index is 10.4. The number of allylic oxidation sites excluding steroid dienone is 1. The number of aldehydes is 1. The fourth-order valence-corrected chi connectivity index (χ4v) is 1.07. The smallest absolute Gasteiger partial charge is 0.488 e. The molecule has 15 heavy (non-hydrogen) atoms. The molecule has 1 rings (SSSR count). The fraction of sp³-hybridized carbons (Fsp3) is 0.100. The molecule has 2 N–H and O–H groups in total. The maximum absolute atomic E-state index is 10.4. The number of carbonyl (C=O) groups is 1. The molecule has 0 fully saturated rings. The Morgan fingerprint density at radius 2 is 1.93 bits per heavy atom. The molecule has 0 spiro atoms. The van der Waals surface area contributed by atoms with Gasteiger partial charge in [-0.15, -0.1) is 0 Å². The van der Waals surface area contributed by atoms with Gasteiger partial charge in [0.25, 0.3) is 0 Å². The highest BCUT2D eigenvalue weighted by atomic mass is 16.5. The molecule has 4 nitrogen and oxygen atoms in total. The monoisotopic (exact) mass is 206 g/mol. The third-order valence-corrected chi connectivity index (χ3v) is 1.90. The van der Waals surface area contributed by atoms with Gasteiger partial charge in [0.1, 0.15) is 0 Å². The van der Waals surface area contributed by atoms with E-state index in [2.05, 4.69) is 0 Å². The largest absolute Gasteiger partial charge is 0.493 e. The molecule has 78 valence electrons. The third kappa shape index (κ3) is 3.23. The lowest BCUT2D eigenvalue weighted by atomic mass is 9.80. The molecule has 0 saturated heterocycles. The Labute approximate surface area is 88.0 Å². The highest BCUT2D eigenvalue weighted by molar-refractivity contribution is 6.58. The molecule has 0 unspecified atom stereocenters. The Balaban J connectivity index is 2.89. The molecule has 0 aliphatic heterocycles. The first-order valence-electron chi connectivity index (χ1n) is 4.34. The van der Waals surface area contributed by atoms with E-state index in [1.54, 1.807) is 30.3 Å². The van der Waals surface area contributed by atoms with Crippen LogP contribution in [-0.2, 0) is 9.53 Å². The average molecular weight is 206 g/mol. The molecule has 0 heterocycles. The van der Waals surface area contributed by atoms with Gasteiger partial charge in [-0.1, -0.05) is 24.3 Å². The first-order chi connectivity index (χ1) is 7.17. The SMILES string of the molecule is COC(C=O)=Cc1ccc(B(O)O)cc1. The minimum Gasteiger partial charge on any atom is -0.493 e. The number of methoxy groups -OCH3 is 1. The van der Waals surface area contributed by atoms with Crippen molar-refractivity contribution in [2.75, 3.05) is 7.11 Å². The zero-order valence-corrected chi connectivity index (χ0v) is 8.25. The molecular weight excluding hydrogens is 195 g/mol. The minimum atomic E-state index is -1.48. The van der Waals surface area contributed by atoms with Crippen LogP contribution in [0.3, 0.4) is 0 Å².